The van der Waals surface area contributed by atoms with Gasteiger partial charge in [0, 0.05) is 0 Å². The van der Waals surface area contributed by atoms with Gasteiger partial charge in [-0.2, -0.15) is 0 Å². The van der Waals surface area contributed by atoms with Gasteiger partial charge in [0.25, 0.3) is 0 Å². The molecule has 0 amide bonds. The molecule has 1 unspecified atom stereocenters. The van der Waals surface area contributed by atoms with Gasteiger partial charge >= 0.3 is 162 Å². The molecule has 1 aromatic carbocycles. The number of hydrogen-bond donors (Lipinski definition) is 0. The molecule has 0 spiro atoms. The number of rotatable bonds is 5. The van der Waals surface area contributed by atoms with E-state index in [9.17, 15) is 4.39 Å². The molecule has 0 aliphatic carbocycles. The van der Waals surface area contributed by atoms with Gasteiger partial charge in [0.2, 0.25) is 0 Å². The van der Waals surface area contributed by atoms with Crippen LogP contribution in [0.2, 0.25) is 0 Å². The minimum absolute atomic E-state index is 0.389. The van der Waals surface area contributed by atoms with Gasteiger partial charge in [-0.15, -0.1) is 0 Å². The Morgan fingerprint density at radius 1 is 0.571 bits per heavy atom. The molecular formula is C22H18F2N3P. The van der Waals surface area contributed by atoms with E-state index in [0.29, 0.717) is 5.56 Å². The zero-order valence-electron chi connectivity index (χ0n) is 14.9. The summed E-state index contributed by atoms with van der Waals surface area (Å²) in [7, 11) is -3.19. The van der Waals surface area contributed by atoms with E-state index >= 15 is 4.39 Å². The molecule has 0 radical (unpaired) electrons. The Morgan fingerprint density at radius 2 is 0.929 bits per heavy atom. The van der Waals surface area contributed by atoms with Crippen molar-refractivity contribution >= 4 is 23.2 Å². The Morgan fingerprint density at radius 3 is 1.29 bits per heavy atom. The summed E-state index contributed by atoms with van der Waals surface area (Å²) in [6.45, 7) is 0. The second kappa shape index (κ2) is 7.91. The van der Waals surface area contributed by atoms with Crippen molar-refractivity contribution in [3.63, 3.8) is 0 Å². The number of halogens is 2. The third-order valence-electron chi connectivity index (χ3n) is 4.95. The van der Waals surface area contributed by atoms with Crippen molar-refractivity contribution in [2.24, 2.45) is 0 Å². The summed E-state index contributed by atoms with van der Waals surface area (Å²) in [5.41, 5.74) is 0.443. The van der Waals surface area contributed by atoms with Crippen LogP contribution in [0.1, 0.15) is 11.5 Å². The van der Waals surface area contributed by atoms with Gasteiger partial charge in [-0.3, -0.25) is 0 Å². The first-order valence-corrected chi connectivity index (χ1v) is 10.9. The number of hydrogen-bond acceptors (Lipinski definition) is 3. The van der Waals surface area contributed by atoms with E-state index in [1.54, 1.807) is 37.2 Å². The first-order chi connectivity index (χ1) is 13.7. The van der Waals surface area contributed by atoms with E-state index in [1.165, 1.54) is 24.3 Å². The summed E-state index contributed by atoms with van der Waals surface area (Å²) in [6.07, 6.45) is 10.1. The van der Waals surface area contributed by atoms with Crippen molar-refractivity contribution in [1.82, 2.24) is 15.0 Å². The van der Waals surface area contributed by atoms with Crippen LogP contribution < -0.4 is 15.9 Å². The van der Waals surface area contributed by atoms with Crippen LogP contribution in [0.25, 0.3) is 0 Å². The Balaban J connectivity index is 2.05. The van der Waals surface area contributed by atoms with Gasteiger partial charge in [0.15, 0.2) is 0 Å². The van der Waals surface area contributed by atoms with Crippen LogP contribution in [-0.4, -0.2) is 15.0 Å². The average molecular weight is 393 g/mol. The number of pyridine rings is 3. The van der Waals surface area contributed by atoms with Gasteiger partial charge in [0.05, 0.1) is 0 Å². The molecule has 0 aliphatic rings. The van der Waals surface area contributed by atoms with Crippen LogP contribution >= 0.6 is 7.26 Å². The third kappa shape index (κ3) is 3.19. The van der Waals surface area contributed by atoms with Gasteiger partial charge in [-0.25, -0.2) is 0 Å². The molecule has 0 fully saturated rings. The maximum absolute atomic E-state index is 16.5. The van der Waals surface area contributed by atoms with Crippen molar-refractivity contribution in [3.8, 4) is 0 Å². The molecule has 3 aromatic heterocycles. The number of alkyl halides is 1. The molecular weight excluding hydrogens is 375 g/mol. The van der Waals surface area contributed by atoms with Crippen molar-refractivity contribution in [3.05, 3.63) is 109 Å². The summed E-state index contributed by atoms with van der Waals surface area (Å²) in [5.74, 6) is -1.74. The quantitative estimate of drug-likeness (QED) is 0.486. The Hall–Kier alpha value is -3.04. The first-order valence-electron chi connectivity index (χ1n) is 8.84. The van der Waals surface area contributed by atoms with Crippen LogP contribution in [0.5, 0.6) is 0 Å². The fraction of sp³-hybridized carbons (Fsp3) is 0.0455. The fourth-order valence-electron chi connectivity index (χ4n) is 3.67. The predicted molar refractivity (Wildman–Crippen MR) is 110 cm³/mol. The standard InChI is InChI=1S/C22H18F2N3P/c23-18-3-1-17(2-4-18)22(24)28(19-5-11-25-12-6-19,20-7-13-26-14-8-20)21-9-15-27-16-10-21/h1-16,22,28H. The molecule has 3 nitrogen and oxygen atoms in total. The molecule has 0 saturated carbocycles. The Labute approximate surface area is 162 Å². The fourth-order valence-corrected chi connectivity index (χ4v) is 8.26. The average Bonchev–Trinajstić information content (AvgIpc) is 2.77. The van der Waals surface area contributed by atoms with E-state index < -0.39 is 13.2 Å². The van der Waals surface area contributed by atoms with Gasteiger partial charge in [0.1, 0.15) is 0 Å². The number of benzene rings is 1. The Kier molecular flexibility index (Phi) is 5.18. The van der Waals surface area contributed by atoms with E-state index in [1.807, 2.05) is 36.4 Å². The van der Waals surface area contributed by atoms with Crippen LogP contribution in [0.3, 0.4) is 0 Å². The molecule has 1 atom stereocenters. The van der Waals surface area contributed by atoms with Crippen LogP contribution in [0.4, 0.5) is 8.78 Å². The minimum atomic E-state index is -3.19. The first kappa shape index (κ1) is 18.3. The predicted octanol–water partition coefficient (Wildman–Crippen LogP) is 3.71. The van der Waals surface area contributed by atoms with Crippen LogP contribution in [0.15, 0.2) is 97.8 Å². The van der Waals surface area contributed by atoms with Crippen molar-refractivity contribution in [1.29, 1.82) is 0 Å². The van der Waals surface area contributed by atoms with Gasteiger partial charge < -0.3 is 0 Å². The molecule has 3 heterocycles. The Bertz CT molecular complexity index is 933. The zero-order chi connectivity index (χ0) is 19.4. The van der Waals surface area contributed by atoms with Gasteiger partial charge in [-0.1, -0.05) is 0 Å². The molecule has 140 valence electrons. The van der Waals surface area contributed by atoms with Crippen molar-refractivity contribution < 1.29 is 8.78 Å². The molecule has 0 bridgehead atoms. The summed E-state index contributed by atoms with van der Waals surface area (Å²) in [4.78, 5) is 12.3. The third-order valence-corrected chi connectivity index (χ3v) is 9.78. The summed E-state index contributed by atoms with van der Waals surface area (Å²) in [5, 5.41) is 2.62. The molecule has 0 saturated heterocycles. The van der Waals surface area contributed by atoms with Gasteiger partial charge in [-0.05, 0) is 0 Å². The monoisotopic (exact) mass is 393 g/mol. The molecule has 0 aliphatic heterocycles. The van der Waals surface area contributed by atoms with Crippen LogP contribution in [-0.2, 0) is 0 Å². The topological polar surface area (TPSA) is 38.7 Å². The van der Waals surface area contributed by atoms with Crippen LogP contribution in [0, 0.1) is 5.82 Å². The summed E-state index contributed by atoms with van der Waals surface area (Å²) in [6, 6.07) is 16.8. The molecule has 6 heteroatoms. The van der Waals surface area contributed by atoms with E-state index in [-0.39, 0.29) is 5.82 Å². The molecule has 0 N–H and O–H groups in total. The summed E-state index contributed by atoms with van der Waals surface area (Å²) < 4.78 is 30.0. The SMILES string of the molecule is Fc1ccc(C(F)[PH](c2ccncc2)(c2ccncc2)c2ccncc2)cc1. The van der Waals surface area contributed by atoms with E-state index in [4.69, 9.17) is 0 Å². The molecule has 4 aromatic rings. The number of aromatic nitrogens is 3. The van der Waals surface area contributed by atoms with E-state index in [0.717, 1.165) is 15.9 Å². The normalized spacial score (nSPS) is 13.1. The molecule has 28 heavy (non-hydrogen) atoms. The molecule has 4 rings (SSSR count). The second-order valence-electron chi connectivity index (χ2n) is 6.43. The number of nitrogens with zero attached hydrogens (tertiary/aromatic N) is 3. The van der Waals surface area contributed by atoms with Crippen molar-refractivity contribution in [2.75, 3.05) is 0 Å². The van der Waals surface area contributed by atoms with Crippen molar-refractivity contribution in [2.45, 2.75) is 5.91 Å². The summed E-state index contributed by atoms with van der Waals surface area (Å²) >= 11 is 0. The zero-order valence-corrected chi connectivity index (χ0v) is 15.9. The second-order valence-corrected chi connectivity index (χ2v) is 10.3. The maximum atomic E-state index is 16.5. The van der Waals surface area contributed by atoms with E-state index in [2.05, 4.69) is 15.0 Å².